The van der Waals surface area contributed by atoms with Crippen molar-refractivity contribution in [1.29, 1.82) is 0 Å². The zero-order chi connectivity index (χ0) is 21.2. The van der Waals surface area contributed by atoms with Gasteiger partial charge in [0.2, 0.25) is 0 Å². The van der Waals surface area contributed by atoms with Gasteiger partial charge < -0.3 is 15.5 Å². The van der Waals surface area contributed by atoms with Crippen LogP contribution in [0.1, 0.15) is 34.8 Å². The fraction of sp³-hybridized carbons (Fsp3) is 0.417. The van der Waals surface area contributed by atoms with Crippen LogP contribution in [0.15, 0.2) is 59.6 Å². The Labute approximate surface area is 180 Å². The van der Waals surface area contributed by atoms with Gasteiger partial charge in [-0.05, 0) is 29.7 Å². The molecule has 1 aliphatic heterocycles. The average molecular weight is 408 g/mol. The highest BCUT2D eigenvalue weighted by Crippen LogP contribution is 2.10. The van der Waals surface area contributed by atoms with Crippen molar-refractivity contribution >= 4 is 11.9 Å². The first-order valence-electron chi connectivity index (χ1n) is 10.8. The standard InChI is InChI=1S/C24H33N5O/c1-3-12-26-23(30)22-11-7-10-21(17-22)18-27-24(25-2)29-15-13-28(14-16-29)19-20-8-5-4-6-9-20/h4-11,17H,3,12-16,18-19H2,1-2H3,(H,25,27)(H,26,30). The molecule has 2 aromatic carbocycles. The first kappa shape index (κ1) is 21.8. The van der Waals surface area contributed by atoms with Crippen molar-refractivity contribution in [3.8, 4) is 0 Å². The molecule has 0 radical (unpaired) electrons. The average Bonchev–Trinajstić information content (AvgIpc) is 2.80. The highest BCUT2D eigenvalue weighted by atomic mass is 16.1. The second-order valence-electron chi connectivity index (χ2n) is 7.61. The Balaban J connectivity index is 1.49. The fourth-order valence-electron chi connectivity index (χ4n) is 3.64. The van der Waals surface area contributed by atoms with E-state index in [4.69, 9.17) is 0 Å². The molecule has 6 heteroatoms. The molecule has 0 aliphatic carbocycles. The number of nitrogens with one attached hydrogen (secondary N) is 2. The van der Waals surface area contributed by atoms with Crippen LogP contribution in [0.3, 0.4) is 0 Å². The molecule has 0 aromatic heterocycles. The number of hydrogen-bond acceptors (Lipinski definition) is 3. The molecule has 160 valence electrons. The third kappa shape index (κ3) is 6.32. The van der Waals surface area contributed by atoms with Crippen molar-refractivity contribution in [3.63, 3.8) is 0 Å². The van der Waals surface area contributed by atoms with E-state index in [1.165, 1.54) is 5.56 Å². The SMILES string of the molecule is CCCNC(=O)c1cccc(CNC(=NC)N2CCN(Cc3ccccc3)CC2)c1. The van der Waals surface area contributed by atoms with Crippen LogP contribution in [0, 0.1) is 0 Å². The smallest absolute Gasteiger partial charge is 0.251 e. The van der Waals surface area contributed by atoms with Crippen LogP contribution >= 0.6 is 0 Å². The van der Waals surface area contributed by atoms with Crippen molar-refractivity contribution < 1.29 is 4.79 Å². The van der Waals surface area contributed by atoms with Crippen molar-refractivity contribution in [3.05, 3.63) is 71.3 Å². The molecular weight excluding hydrogens is 374 g/mol. The van der Waals surface area contributed by atoms with Crippen LogP contribution in [0.4, 0.5) is 0 Å². The van der Waals surface area contributed by atoms with Gasteiger partial charge in [-0.2, -0.15) is 0 Å². The number of rotatable bonds is 7. The van der Waals surface area contributed by atoms with Crippen LogP contribution in [0.25, 0.3) is 0 Å². The number of nitrogens with zero attached hydrogens (tertiary/aromatic N) is 3. The third-order valence-corrected chi connectivity index (χ3v) is 5.31. The van der Waals surface area contributed by atoms with E-state index >= 15 is 0 Å². The first-order valence-corrected chi connectivity index (χ1v) is 10.8. The molecule has 1 aliphatic rings. The molecule has 0 bridgehead atoms. The number of aliphatic imine (C=N–C) groups is 1. The van der Waals surface area contributed by atoms with E-state index in [1.807, 2.05) is 38.2 Å². The minimum atomic E-state index is -0.0161. The third-order valence-electron chi connectivity index (χ3n) is 5.31. The van der Waals surface area contributed by atoms with E-state index in [0.29, 0.717) is 18.7 Å². The quantitative estimate of drug-likeness (QED) is 0.547. The predicted octanol–water partition coefficient (Wildman–Crippen LogP) is 2.72. The maximum absolute atomic E-state index is 12.2. The lowest BCUT2D eigenvalue weighted by molar-refractivity contribution is 0.0953. The Bertz CT molecular complexity index is 828. The van der Waals surface area contributed by atoms with Gasteiger partial charge in [0.25, 0.3) is 5.91 Å². The first-order chi connectivity index (χ1) is 14.7. The number of amides is 1. The molecule has 30 heavy (non-hydrogen) atoms. The van der Waals surface area contributed by atoms with Gasteiger partial charge in [0.1, 0.15) is 0 Å². The Kier molecular flexibility index (Phi) is 8.27. The molecule has 1 heterocycles. The van der Waals surface area contributed by atoms with Crippen LogP contribution in [0.5, 0.6) is 0 Å². The van der Waals surface area contributed by atoms with Gasteiger partial charge >= 0.3 is 0 Å². The van der Waals surface area contributed by atoms with Gasteiger partial charge in [-0.1, -0.05) is 49.4 Å². The van der Waals surface area contributed by atoms with E-state index in [1.54, 1.807) is 0 Å². The Morgan fingerprint density at radius 1 is 0.967 bits per heavy atom. The predicted molar refractivity (Wildman–Crippen MR) is 123 cm³/mol. The van der Waals surface area contributed by atoms with E-state index in [0.717, 1.165) is 50.7 Å². The molecule has 1 amide bonds. The van der Waals surface area contributed by atoms with Crippen molar-refractivity contribution in [1.82, 2.24) is 20.4 Å². The number of carbonyl (C=O) groups excluding carboxylic acids is 1. The lowest BCUT2D eigenvalue weighted by Gasteiger charge is -2.36. The summed E-state index contributed by atoms with van der Waals surface area (Å²) in [5.74, 6) is 0.896. The normalized spacial score (nSPS) is 15.1. The van der Waals surface area contributed by atoms with E-state index in [9.17, 15) is 4.79 Å². The van der Waals surface area contributed by atoms with Crippen LogP contribution < -0.4 is 10.6 Å². The number of hydrogen-bond donors (Lipinski definition) is 2. The topological polar surface area (TPSA) is 60.0 Å². The second kappa shape index (κ2) is 11.4. The summed E-state index contributed by atoms with van der Waals surface area (Å²) in [4.78, 5) is 21.4. The zero-order valence-corrected chi connectivity index (χ0v) is 18.1. The number of benzene rings is 2. The van der Waals surface area contributed by atoms with Gasteiger partial charge in [-0.15, -0.1) is 0 Å². The molecule has 3 rings (SSSR count). The molecule has 0 unspecified atom stereocenters. The Hall–Kier alpha value is -2.86. The van der Waals surface area contributed by atoms with Crippen LogP contribution in [-0.2, 0) is 13.1 Å². The maximum atomic E-state index is 12.2. The Morgan fingerprint density at radius 3 is 2.40 bits per heavy atom. The zero-order valence-electron chi connectivity index (χ0n) is 18.1. The lowest BCUT2D eigenvalue weighted by Crippen LogP contribution is -2.52. The van der Waals surface area contributed by atoms with Gasteiger partial charge in [-0.3, -0.25) is 14.7 Å². The van der Waals surface area contributed by atoms with E-state index in [-0.39, 0.29) is 5.91 Å². The summed E-state index contributed by atoms with van der Waals surface area (Å²) in [6.07, 6.45) is 0.932. The number of carbonyl (C=O) groups is 1. The second-order valence-corrected chi connectivity index (χ2v) is 7.61. The monoisotopic (exact) mass is 407 g/mol. The molecule has 1 saturated heterocycles. The summed E-state index contributed by atoms with van der Waals surface area (Å²) >= 11 is 0. The molecule has 0 saturated carbocycles. The van der Waals surface area contributed by atoms with Gasteiger partial charge in [0, 0.05) is 58.4 Å². The summed E-state index contributed by atoms with van der Waals surface area (Å²) < 4.78 is 0. The molecule has 6 nitrogen and oxygen atoms in total. The summed E-state index contributed by atoms with van der Waals surface area (Å²) in [5, 5.41) is 6.38. The minimum absolute atomic E-state index is 0.0161. The molecule has 0 spiro atoms. The largest absolute Gasteiger partial charge is 0.352 e. The summed E-state index contributed by atoms with van der Waals surface area (Å²) in [7, 11) is 1.83. The summed E-state index contributed by atoms with van der Waals surface area (Å²) in [5.41, 5.74) is 3.13. The van der Waals surface area contributed by atoms with Crippen molar-refractivity contribution in [2.24, 2.45) is 4.99 Å². The molecule has 1 fully saturated rings. The molecular formula is C24H33N5O. The van der Waals surface area contributed by atoms with Crippen LogP contribution in [0.2, 0.25) is 0 Å². The maximum Gasteiger partial charge on any atom is 0.251 e. The Morgan fingerprint density at radius 2 is 1.70 bits per heavy atom. The van der Waals surface area contributed by atoms with Gasteiger partial charge in [-0.25, -0.2) is 0 Å². The van der Waals surface area contributed by atoms with Gasteiger partial charge in [0.15, 0.2) is 5.96 Å². The highest BCUT2D eigenvalue weighted by molar-refractivity contribution is 5.94. The lowest BCUT2D eigenvalue weighted by atomic mass is 10.1. The van der Waals surface area contributed by atoms with Crippen molar-refractivity contribution in [2.75, 3.05) is 39.8 Å². The molecule has 2 aromatic rings. The summed E-state index contributed by atoms with van der Waals surface area (Å²) in [6, 6.07) is 18.4. The number of piperazine rings is 1. The summed E-state index contributed by atoms with van der Waals surface area (Å²) in [6.45, 7) is 8.32. The number of guanidine groups is 1. The van der Waals surface area contributed by atoms with E-state index in [2.05, 4.69) is 55.8 Å². The highest BCUT2D eigenvalue weighted by Gasteiger charge is 2.19. The molecule has 0 atom stereocenters. The minimum Gasteiger partial charge on any atom is -0.352 e. The van der Waals surface area contributed by atoms with Crippen molar-refractivity contribution in [2.45, 2.75) is 26.4 Å². The van der Waals surface area contributed by atoms with E-state index < -0.39 is 0 Å². The molecule has 2 N–H and O–H groups in total. The fourth-order valence-corrected chi connectivity index (χ4v) is 3.64. The van der Waals surface area contributed by atoms with Crippen LogP contribution in [-0.4, -0.2) is 61.4 Å². The van der Waals surface area contributed by atoms with Gasteiger partial charge in [0.05, 0.1) is 0 Å².